The minimum atomic E-state index is -3.74. The molecule has 2 aliphatic heterocycles. The molecule has 2 aliphatic rings. The summed E-state index contributed by atoms with van der Waals surface area (Å²) in [5, 5.41) is 11.2. The molecule has 0 atom stereocenters. The molecule has 2 saturated heterocycles. The molecule has 0 radical (unpaired) electrons. The smallest absolute Gasteiger partial charge is 0.270 e. The first-order chi connectivity index (χ1) is 12.4. The molecule has 0 amide bonds. The number of ether oxygens (including phenoxy) is 1. The van der Waals surface area contributed by atoms with Gasteiger partial charge in [0.1, 0.15) is 4.90 Å². The number of rotatable bonds is 6. The van der Waals surface area contributed by atoms with Gasteiger partial charge in [-0.25, -0.2) is 8.42 Å². The van der Waals surface area contributed by atoms with Crippen molar-refractivity contribution < 1.29 is 18.1 Å². The van der Waals surface area contributed by atoms with Gasteiger partial charge in [-0.3, -0.25) is 10.1 Å². The van der Waals surface area contributed by atoms with Gasteiger partial charge in [0.15, 0.2) is 0 Å². The van der Waals surface area contributed by atoms with Crippen LogP contribution in [-0.4, -0.2) is 56.5 Å². The molecule has 0 bridgehead atoms. The molecule has 8 nitrogen and oxygen atoms in total. The van der Waals surface area contributed by atoms with Crippen molar-refractivity contribution in [1.29, 1.82) is 0 Å². The van der Waals surface area contributed by atoms with Crippen molar-refractivity contribution in [2.75, 3.05) is 37.7 Å². The van der Waals surface area contributed by atoms with E-state index in [0.29, 0.717) is 38.5 Å². The average Bonchev–Trinajstić information content (AvgIpc) is 3.18. The molecule has 1 aromatic carbocycles. The Kier molecular flexibility index (Phi) is 5.79. The van der Waals surface area contributed by atoms with Crippen LogP contribution in [0.5, 0.6) is 0 Å². The first-order valence-corrected chi connectivity index (χ1v) is 10.5. The third-order valence-corrected chi connectivity index (χ3v) is 6.95. The number of nitro benzene ring substituents is 1. The molecule has 2 heterocycles. The summed E-state index contributed by atoms with van der Waals surface area (Å²) in [5.41, 5.74) is 0.355. The van der Waals surface area contributed by atoms with E-state index in [4.69, 9.17) is 4.74 Å². The molecule has 0 saturated carbocycles. The van der Waals surface area contributed by atoms with E-state index in [2.05, 4.69) is 0 Å². The van der Waals surface area contributed by atoms with E-state index in [1.54, 1.807) is 6.07 Å². The fraction of sp³-hybridized carbons (Fsp3) is 0.647. The zero-order valence-corrected chi connectivity index (χ0v) is 15.8. The average molecular weight is 383 g/mol. The van der Waals surface area contributed by atoms with E-state index >= 15 is 0 Å². The normalized spacial score (nSPS) is 19.8. The highest BCUT2D eigenvalue weighted by atomic mass is 32.2. The predicted octanol–water partition coefficient (Wildman–Crippen LogP) is 2.38. The third kappa shape index (κ3) is 3.84. The van der Waals surface area contributed by atoms with Crippen LogP contribution in [0.1, 0.15) is 32.6 Å². The van der Waals surface area contributed by atoms with Crippen molar-refractivity contribution in [3.05, 3.63) is 28.3 Å². The monoisotopic (exact) mass is 383 g/mol. The van der Waals surface area contributed by atoms with E-state index in [1.807, 2.05) is 11.8 Å². The molecular formula is C17H25N3O5S. The summed E-state index contributed by atoms with van der Waals surface area (Å²) >= 11 is 0. The number of non-ortho nitro benzene ring substituents is 1. The highest BCUT2D eigenvalue weighted by Crippen LogP contribution is 2.34. The van der Waals surface area contributed by atoms with E-state index in [1.165, 1.54) is 16.4 Å². The lowest BCUT2D eigenvalue weighted by molar-refractivity contribution is -0.385. The van der Waals surface area contributed by atoms with Crippen LogP contribution in [0.25, 0.3) is 0 Å². The van der Waals surface area contributed by atoms with Gasteiger partial charge in [-0.15, -0.1) is 0 Å². The Morgan fingerprint density at radius 1 is 1.19 bits per heavy atom. The third-order valence-electron chi connectivity index (χ3n) is 5.02. The molecule has 0 unspecified atom stereocenters. The zero-order valence-electron chi connectivity index (χ0n) is 15.0. The summed E-state index contributed by atoms with van der Waals surface area (Å²) in [7, 11) is -3.74. The van der Waals surface area contributed by atoms with Crippen molar-refractivity contribution in [3.8, 4) is 0 Å². The zero-order chi connectivity index (χ0) is 18.7. The van der Waals surface area contributed by atoms with E-state index in [-0.39, 0.29) is 16.7 Å². The summed E-state index contributed by atoms with van der Waals surface area (Å²) in [4.78, 5) is 12.7. The molecule has 0 aliphatic carbocycles. The molecule has 26 heavy (non-hydrogen) atoms. The summed E-state index contributed by atoms with van der Waals surface area (Å²) in [6.07, 6.45) is 3.46. The van der Waals surface area contributed by atoms with Gasteiger partial charge < -0.3 is 9.64 Å². The van der Waals surface area contributed by atoms with Crippen LogP contribution < -0.4 is 4.90 Å². The minimum Gasteiger partial charge on any atom is -0.378 e. The fourth-order valence-corrected chi connectivity index (χ4v) is 5.40. The van der Waals surface area contributed by atoms with Crippen molar-refractivity contribution in [3.63, 3.8) is 0 Å². The maximum absolute atomic E-state index is 13.1. The lowest BCUT2D eigenvalue weighted by atomic mass is 10.1. The lowest BCUT2D eigenvalue weighted by Gasteiger charge is -2.34. The second-order valence-corrected chi connectivity index (χ2v) is 8.57. The molecular weight excluding hydrogens is 358 g/mol. The number of hydrogen-bond donors (Lipinski definition) is 0. The maximum Gasteiger partial charge on any atom is 0.270 e. The number of benzene rings is 1. The Balaban J connectivity index is 1.93. The van der Waals surface area contributed by atoms with Crippen molar-refractivity contribution in [1.82, 2.24) is 4.31 Å². The van der Waals surface area contributed by atoms with Gasteiger partial charge >= 0.3 is 0 Å². The van der Waals surface area contributed by atoms with Crippen molar-refractivity contribution in [2.24, 2.45) is 0 Å². The second-order valence-electron chi connectivity index (χ2n) is 6.66. The van der Waals surface area contributed by atoms with Gasteiger partial charge in [-0.05, 0) is 38.7 Å². The summed E-state index contributed by atoms with van der Waals surface area (Å²) in [6.45, 7) is 4.91. The largest absolute Gasteiger partial charge is 0.378 e. The molecule has 2 fully saturated rings. The summed E-state index contributed by atoms with van der Waals surface area (Å²) < 4.78 is 33.3. The Hall–Kier alpha value is -1.71. The molecule has 9 heteroatoms. The second kappa shape index (κ2) is 7.89. The van der Waals surface area contributed by atoms with Gasteiger partial charge in [-0.1, -0.05) is 0 Å². The van der Waals surface area contributed by atoms with Gasteiger partial charge in [-0.2, -0.15) is 4.31 Å². The van der Waals surface area contributed by atoms with Crippen LogP contribution in [0.2, 0.25) is 0 Å². The van der Waals surface area contributed by atoms with Crippen LogP contribution in [-0.2, 0) is 14.8 Å². The van der Waals surface area contributed by atoms with Gasteiger partial charge in [0.25, 0.3) is 5.69 Å². The first-order valence-electron chi connectivity index (χ1n) is 9.08. The van der Waals surface area contributed by atoms with E-state index in [0.717, 1.165) is 25.7 Å². The van der Waals surface area contributed by atoms with E-state index in [9.17, 15) is 18.5 Å². The van der Waals surface area contributed by atoms with Gasteiger partial charge in [0.05, 0.1) is 16.7 Å². The van der Waals surface area contributed by atoms with Crippen LogP contribution >= 0.6 is 0 Å². The molecule has 3 rings (SSSR count). The quantitative estimate of drug-likeness (QED) is 0.553. The Labute approximate surface area is 153 Å². The van der Waals surface area contributed by atoms with Crippen LogP contribution in [0, 0.1) is 10.1 Å². The number of nitro groups is 1. The maximum atomic E-state index is 13.1. The van der Waals surface area contributed by atoms with Crippen molar-refractivity contribution >= 4 is 21.4 Å². The standard InChI is InChI=1S/C17H25N3O5S/c1-2-25-15-7-11-18(12-8-15)16-6-5-14(20(21)22)13-17(16)26(23,24)19-9-3-4-10-19/h5-6,13,15H,2-4,7-12H2,1H3. The predicted molar refractivity (Wildman–Crippen MR) is 98.0 cm³/mol. The molecule has 0 aromatic heterocycles. The Morgan fingerprint density at radius 3 is 2.42 bits per heavy atom. The number of nitrogens with zero attached hydrogens (tertiary/aromatic N) is 3. The van der Waals surface area contributed by atoms with E-state index < -0.39 is 14.9 Å². The molecule has 0 spiro atoms. The Morgan fingerprint density at radius 2 is 1.85 bits per heavy atom. The molecule has 144 valence electrons. The van der Waals surface area contributed by atoms with Crippen LogP contribution in [0.4, 0.5) is 11.4 Å². The lowest BCUT2D eigenvalue weighted by Crippen LogP contribution is -2.38. The number of anilines is 1. The number of sulfonamides is 1. The number of piperidine rings is 1. The molecule has 0 N–H and O–H groups in total. The molecule has 1 aromatic rings. The van der Waals surface area contributed by atoms with Crippen LogP contribution in [0.15, 0.2) is 23.1 Å². The first kappa shape index (κ1) is 19.1. The number of hydrogen-bond acceptors (Lipinski definition) is 6. The fourth-order valence-electron chi connectivity index (χ4n) is 3.65. The summed E-state index contributed by atoms with van der Waals surface area (Å²) in [6, 6.07) is 4.16. The summed E-state index contributed by atoms with van der Waals surface area (Å²) in [5.74, 6) is 0. The Bertz CT molecular complexity index is 754. The minimum absolute atomic E-state index is 0.0449. The van der Waals surface area contributed by atoms with Gasteiger partial charge in [0, 0.05) is 44.9 Å². The highest BCUT2D eigenvalue weighted by Gasteiger charge is 2.33. The van der Waals surface area contributed by atoms with Crippen LogP contribution in [0.3, 0.4) is 0 Å². The van der Waals surface area contributed by atoms with Crippen molar-refractivity contribution in [2.45, 2.75) is 43.6 Å². The SMILES string of the molecule is CCOC1CCN(c2ccc([N+](=O)[O-])cc2S(=O)(=O)N2CCCC2)CC1. The topological polar surface area (TPSA) is 93.0 Å². The van der Waals surface area contributed by atoms with Gasteiger partial charge in [0.2, 0.25) is 10.0 Å². The highest BCUT2D eigenvalue weighted by molar-refractivity contribution is 7.89.